The fraction of sp³-hybridized carbons (Fsp3) is 0.545. The topological polar surface area (TPSA) is 242 Å². The Morgan fingerprint density at radius 1 is 1.38 bits per heavy atom. The molecule has 0 radical (unpaired) electrons. The van der Waals surface area contributed by atoms with Gasteiger partial charge in [0.25, 0.3) is 5.56 Å². The fourth-order valence-corrected chi connectivity index (χ4v) is 3.65. The van der Waals surface area contributed by atoms with Crippen molar-refractivity contribution in [1.82, 2.24) is 19.5 Å². The number of H-pyrrole nitrogens is 1. The minimum absolute atomic E-state index is 0.0983. The zero-order valence-electron chi connectivity index (χ0n) is 14.6. The first kappa shape index (κ1) is 22.0. The van der Waals surface area contributed by atoms with Crippen LogP contribution in [0, 0.1) is 0 Å². The largest absolute Gasteiger partial charge is 0.472 e. The normalized spacial score (nSPS) is 27.3. The number of hydrogen-bond donors (Lipinski definition) is 6. The molecule has 18 heteroatoms. The van der Waals surface area contributed by atoms with Crippen LogP contribution in [0.25, 0.3) is 11.2 Å². The first-order valence-electron chi connectivity index (χ1n) is 7.75. The van der Waals surface area contributed by atoms with Gasteiger partial charge in [-0.05, 0) is 0 Å². The highest BCUT2D eigenvalue weighted by Crippen LogP contribution is 2.49. The van der Waals surface area contributed by atoms with Gasteiger partial charge in [0.05, 0.1) is 12.9 Å². The first-order chi connectivity index (χ1) is 13.4. The number of ether oxygens (including phenoxy) is 1. The highest BCUT2D eigenvalue weighted by molar-refractivity contribution is 7.47. The molecule has 0 aliphatic carbocycles. The maximum absolute atomic E-state index is 11.9. The maximum atomic E-state index is 11.9. The van der Waals surface area contributed by atoms with Crippen molar-refractivity contribution in [3.63, 3.8) is 0 Å². The number of hydrogen-bond acceptors (Lipinski definition) is 11. The van der Waals surface area contributed by atoms with E-state index in [9.17, 15) is 23.9 Å². The molecule has 1 fully saturated rings. The molecule has 1 aliphatic heterocycles. The number of aromatic amines is 1. The first-order valence-corrected chi connectivity index (χ1v) is 10.8. The molecule has 16 nitrogen and oxygen atoms in total. The Morgan fingerprint density at radius 2 is 2.07 bits per heavy atom. The van der Waals surface area contributed by atoms with Crippen LogP contribution in [-0.2, 0) is 27.4 Å². The monoisotopic (exact) mass is 457 g/mol. The standard InChI is InChI=1S/C11H17N5O11P2/c1-24-29(22,23)27-7-6(17)4(2-25-28(19,20)21)26-10(7)16-3-13-5-8(16)14-11(12)15-9(5)18/h3-4,6-7,10,17H,2H2,1H3,(H,22,23)(H2,19,20,21)(H3,12,14,15,18)/t4-,6-,7-,10-/m1/s1. The summed E-state index contributed by atoms with van der Waals surface area (Å²) in [5.41, 5.74) is 4.60. The van der Waals surface area contributed by atoms with Gasteiger partial charge in [-0.25, -0.2) is 14.1 Å². The Morgan fingerprint density at radius 3 is 2.69 bits per heavy atom. The van der Waals surface area contributed by atoms with Gasteiger partial charge in [-0.3, -0.25) is 27.9 Å². The number of aliphatic hydroxyl groups excluding tert-OH is 1. The lowest BCUT2D eigenvalue weighted by atomic mass is 10.1. The SMILES string of the molecule is COP(=O)(O)O[C@@H]1[C@H](O)[C@@H](COP(=O)(O)O)O[C@H]1n1cnc2c(=O)[nH]c(N)nc21. The molecule has 0 aromatic carbocycles. The number of imidazole rings is 1. The molecule has 3 heterocycles. The van der Waals surface area contributed by atoms with Gasteiger partial charge >= 0.3 is 15.6 Å². The Kier molecular flexibility index (Phi) is 5.95. The van der Waals surface area contributed by atoms with Crippen LogP contribution in [0.3, 0.4) is 0 Å². The van der Waals surface area contributed by atoms with Crippen molar-refractivity contribution in [2.75, 3.05) is 19.5 Å². The van der Waals surface area contributed by atoms with Crippen molar-refractivity contribution in [1.29, 1.82) is 0 Å². The van der Waals surface area contributed by atoms with Crippen molar-refractivity contribution in [3.8, 4) is 0 Å². The summed E-state index contributed by atoms with van der Waals surface area (Å²) in [4.78, 5) is 49.3. The zero-order chi connectivity index (χ0) is 21.6. The van der Waals surface area contributed by atoms with Gasteiger partial charge in [0.15, 0.2) is 17.4 Å². The summed E-state index contributed by atoms with van der Waals surface area (Å²) in [5, 5.41) is 10.4. The molecule has 162 valence electrons. The number of phosphoric acid groups is 2. The lowest BCUT2D eigenvalue weighted by molar-refractivity contribution is -0.0502. The molecule has 29 heavy (non-hydrogen) atoms. The summed E-state index contributed by atoms with van der Waals surface area (Å²) in [6.07, 6.45) is -5.02. The van der Waals surface area contributed by atoms with Crippen molar-refractivity contribution in [2.45, 2.75) is 24.5 Å². The van der Waals surface area contributed by atoms with Crippen LogP contribution in [0.5, 0.6) is 0 Å². The summed E-state index contributed by atoms with van der Waals surface area (Å²) in [7, 11) is -8.65. The molecule has 0 saturated carbocycles. The average Bonchev–Trinajstić information content (AvgIpc) is 3.14. The molecule has 5 atom stereocenters. The maximum Gasteiger partial charge on any atom is 0.472 e. The van der Waals surface area contributed by atoms with E-state index >= 15 is 0 Å². The summed E-state index contributed by atoms with van der Waals surface area (Å²) in [5.74, 6) is -0.258. The second-order valence-corrected chi connectivity index (χ2v) is 8.59. The van der Waals surface area contributed by atoms with Gasteiger partial charge in [-0.15, -0.1) is 0 Å². The van der Waals surface area contributed by atoms with Crippen molar-refractivity contribution >= 4 is 32.8 Å². The van der Waals surface area contributed by atoms with Gasteiger partial charge in [-0.2, -0.15) is 4.98 Å². The minimum atomic E-state index is -4.90. The van der Waals surface area contributed by atoms with Crippen LogP contribution in [-0.4, -0.2) is 71.3 Å². The Labute approximate surface area is 161 Å². The van der Waals surface area contributed by atoms with Gasteiger partial charge < -0.3 is 30.3 Å². The molecule has 3 rings (SSSR count). The summed E-state index contributed by atoms with van der Waals surface area (Å²) in [6.45, 7) is -0.784. The van der Waals surface area contributed by atoms with Crippen molar-refractivity contribution in [3.05, 3.63) is 16.7 Å². The van der Waals surface area contributed by atoms with Crippen LogP contribution >= 0.6 is 15.6 Å². The Balaban J connectivity index is 2.01. The predicted octanol–water partition coefficient (Wildman–Crippen LogP) is -1.80. The van der Waals surface area contributed by atoms with E-state index in [0.29, 0.717) is 0 Å². The third kappa shape index (κ3) is 4.73. The summed E-state index contributed by atoms with van der Waals surface area (Å²) >= 11 is 0. The van der Waals surface area contributed by atoms with E-state index in [0.717, 1.165) is 18.0 Å². The highest BCUT2D eigenvalue weighted by Gasteiger charge is 2.49. The van der Waals surface area contributed by atoms with E-state index in [2.05, 4.69) is 24.0 Å². The van der Waals surface area contributed by atoms with Crippen LogP contribution < -0.4 is 11.3 Å². The Bertz CT molecular complexity index is 1050. The number of nitrogens with one attached hydrogen (secondary N) is 1. The second-order valence-electron chi connectivity index (χ2n) is 5.84. The average molecular weight is 457 g/mol. The summed E-state index contributed by atoms with van der Waals surface area (Å²) < 4.78 is 43.0. The number of nitrogen functional groups attached to an aromatic ring is 1. The number of phosphoric ester groups is 2. The lowest BCUT2D eigenvalue weighted by Gasteiger charge is -2.23. The number of nitrogens with zero attached hydrogens (tertiary/aromatic N) is 3. The molecule has 2 aromatic rings. The molecule has 0 amide bonds. The van der Waals surface area contributed by atoms with E-state index in [1.54, 1.807) is 0 Å². The van der Waals surface area contributed by atoms with Gasteiger partial charge in [0.2, 0.25) is 5.95 Å². The fourth-order valence-electron chi connectivity index (χ4n) is 2.69. The van der Waals surface area contributed by atoms with E-state index in [1.165, 1.54) is 0 Å². The number of aliphatic hydroxyl groups is 1. The van der Waals surface area contributed by atoms with Crippen LogP contribution in [0.1, 0.15) is 6.23 Å². The molecular formula is C11H17N5O11P2. The molecule has 0 bridgehead atoms. The van der Waals surface area contributed by atoms with E-state index in [4.69, 9.17) is 24.8 Å². The molecular weight excluding hydrogens is 440 g/mol. The highest BCUT2D eigenvalue weighted by atomic mass is 31.2. The molecule has 1 saturated heterocycles. The van der Waals surface area contributed by atoms with Crippen LogP contribution in [0.4, 0.5) is 5.95 Å². The molecule has 1 unspecified atom stereocenters. The predicted molar refractivity (Wildman–Crippen MR) is 92.2 cm³/mol. The Hall–Kier alpha value is -1.71. The smallest absolute Gasteiger partial charge is 0.387 e. The zero-order valence-corrected chi connectivity index (χ0v) is 16.3. The molecule has 0 spiro atoms. The minimum Gasteiger partial charge on any atom is -0.387 e. The van der Waals surface area contributed by atoms with Gasteiger partial charge in [-0.1, -0.05) is 0 Å². The van der Waals surface area contributed by atoms with Crippen LogP contribution in [0.2, 0.25) is 0 Å². The van der Waals surface area contributed by atoms with E-state index in [1.807, 2.05) is 0 Å². The quantitative estimate of drug-likeness (QED) is 0.251. The third-order valence-electron chi connectivity index (χ3n) is 3.93. The molecule has 2 aromatic heterocycles. The van der Waals surface area contributed by atoms with Crippen LogP contribution in [0.15, 0.2) is 11.1 Å². The number of aromatic nitrogens is 4. The van der Waals surface area contributed by atoms with Crippen molar-refractivity contribution < 1.29 is 47.2 Å². The van der Waals surface area contributed by atoms with Gasteiger partial charge in [0.1, 0.15) is 18.3 Å². The van der Waals surface area contributed by atoms with E-state index in [-0.39, 0.29) is 17.1 Å². The number of nitrogens with two attached hydrogens (primary N) is 1. The number of fused-ring (bicyclic) bond motifs is 1. The molecule has 1 aliphatic rings. The lowest BCUT2D eigenvalue weighted by Crippen LogP contribution is -2.35. The van der Waals surface area contributed by atoms with Gasteiger partial charge in [0, 0.05) is 7.11 Å². The molecule has 7 N–H and O–H groups in total. The summed E-state index contributed by atoms with van der Waals surface area (Å²) in [6, 6.07) is 0. The second kappa shape index (κ2) is 7.85. The van der Waals surface area contributed by atoms with Crippen molar-refractivity contribution in [2.24, 2.45) is 0 Å². The van der Waals surface area contributed by atoms with E-state index < -0.39 is 52.4 Å². The third-order valence-corrected chi connectivity index (χ3v) is 5.39. The number of rotatable bonds is 7. The number of anilines is 1.